The Morgan fingerprint density at radius 2 is 1.60 bits per heavy atom. The average Bonchev–Trinajstić information content (AvgIpc) is 3.40. The minimum atomic E-state index is -1.76. The second-order valence-electron chi connectivity index (χ2n) is 17.6. The second kappa shape index (κ2) is 17.5. The summed E-state index contributed by atoms with van der Waals surface area (Å²) in [5.74, 6) is -2.47. The number of carbonyl (C=O) groups is 1. The first-order valence-electron chi connectivity index (χ1n) is 20.1. The third kappa shape index (κ3) is 9.36. The van der Waals surface area contributed by atoms with E-state index in [0.29, 0.717) is 32.1 Å². The predicted octanol–water partition coefficient (Wildman–Crippen LogP) is 4.82. The third-order valence-corrected chi connectivity index (χ3v) is 12.9. The van der Waals surface area contributed by atoms with E-state index in [1.807, 2.05) is 55.5 Å². The second-order valence-corrected chi connectivity index (χ2v) is 17.6. The van der Waals surface area contributed by atoms with Crippen molar-refractivity contribution in [2.24, 2.45) is 23.7 Å². The number of aliphatic hydroxyl groups excluding tert-OH is 2. The van der Waals surface area contributed by atoms with Gasteiger partial charge in [-0.2, -0.15) is 0 Å². The smallest absolute Gasteiger partial charge is 0.311 e. The van der Waals surface area contributed by atoms with Crippen molar-refractivity contribution in [1.29, 1.82) is 0 Å². The first-order chi connectivity index (χ1) is 24.2. The molecule has 52 heavy (non-hydrogen) atoms. The number of likely N-dealkylation sites (N-methyl/N-ethyl adjacent to an activating group) is 1. The molecule has 4 heterocycles. The molecule has 4 aliphatic rings. The lowest BCUT2D eigenvalue weighted by atomic mass is 9.76. The maximum Gasteiger partial charge on any atom is 0.311 e. The number of carbonyl (C=O) groups excluding carboxylic acids is 1. The number of methoxy groups -OCH3 is 1. The summed E-state index contributed by atoms with van der Waals surface area (Å²) in [5, 5.41) is 35.4. The van der Waals surface area contributed by atoms with Crippen LogP contribution in [-0.2, 0) is 38.0 Å². The molecule has 304 valence electrons. The van der Waals surface area contributed by atoms with Crippen LogP contribution in [0.3, 0.4) is 0 Å². The molecule has 3 N–H and O–H groups in total. The number of esters is 1. The van der Waals surface area contributed by atoms with E-state index in [1.165, 1.54) is 6.92 Å². The normalized spacial score (nSPS) is 49.6. The molecule has 4 fully saturated rings. The van der Waals surface area contributed by atoms with E-state index in [1.54, 1.807) is 14.0 Å². The van der Waals surface area contributed by atoms with Crippen LogP contribution in [0, 0.1) is 23.7 Å². The van der Waals surface area contributed by atoms with Gasteiger partial charge in [0.05, 0.1) is 53.7 Å². The highest BCUT2D eigenvalue weighted by Gasteiger charge is 2.57. The number of cyclic esters (lactones) is 1. The zero-order chi connectivity index (χ0) is 38.9. The lowest BCUT2D eigenvalue weighted by Gasteiger charge is -2.48. The Bertz CT molecular complexity index is 1160. The number of aliphatic hydroxyl groups is 3. The molecule has 0 amide bonds. The molecule has 18 atom stereocenters. The van der Waals surface area contributed by atoms with Crippen molar-refractivity contribution < 1.29 is 53.3 Å². The summed E-state index contributed by atoms with van der Waals surface area (Å²) in [5.41, 5.74) is -3.21. The summed E-state index contributed by atoms with van der Waals surface area (Å²) in [7, 11) is 3.72. The first-order valence-corrected chi connectivity index (χ1v) is 20.1. The number of nitrogens with zero attached hydrogens (tertiary/aromatic N) is 1. The molecule has 0 aromatic heterocycles. The van der Waals surface area contributed by atoms with Crippen molar-refractivity contribution in [3.8, 4) is 0 Å². The van der Waals surface area contributed by atoms with Crippen molar-refractivity contribution in [1.82, 2.24) is 4.90 Å². The Morgan fingerprint density at radius 1 is 0.923 bits per heavy atom. The average molecular weight is 744 g/mol. The summed E-state index contributed by atoms with van der Waals surface area (Å²) < 4.78 is 45.7. The van der Waals surface area contributed by atoms with Crippen molar-refractivity contribution in [3.63, 3.8) is 0 Å². The van der Waals surface area contributed by atoms with Gasteiger partial charge in [0.25, 0.3) is 0 Å². The Balaban J connectivity index is 1.81. The summed E-state index contributed by atoms with van der Waals surface area (Å²) >= 11 is 0. The standard InChI is InChI=1S/C40H73NO11/c1-14-16-17-41(12)28-18-23(4)48-37(31(28)42)51-35-26(7)33(50-30-21-38(9,46-13)20-24(5)47-30)27(8)36(44)49-29(15-2)40(11,45)34(43)25(6)32-22(3)19-39(35,10)52-32/h22-35,37,42-43,45H,14-21H2,1-13H3/t22-,23+,24-,25+,26-,27+,28-,29-,30-,31+,32+,33-,34+,35+,37-,38-,39-,40+/m0/s1. The molecular weight excluding hydrogens is 670 g/mol. The molecule has 0 aromatic carbocycles. The molecule has 0 spiro atoms. The van der Waals surface area contributed by atoms with Gasteiger partial charge < -0.3 is 53.4 Å². The van der Waals surface area contributed by atoms with Crippen molar-refractivity contribution in [3.05, 3.63) is 0 Å². The number of fused-ring (bicyclic) bond motifs is 2. The molecule has 2 bridgehead atoms. The van der Waals surface area contributed by atoms with Crippen molar-refractivity contribution in [2.75, 3.05) is 20.7 Å². The van der Waals surface area contributed by atoms with Crippen LogP contribution in [0.2, 0.25) is 0 Å². The van der Waals surface area contributed by atoms with Gasteiger partial charge in [0, 0.05) is 37.8 Å². The molecule has 12 heteroatoms. The topological polar surface area (TPSA) is 146 Å². The van der Waals surface area contributed by atoms with Gasteiger partial charge in [0.2, 0.25) is 0 Å². The van der Waals surface area contributed by atoms with Crippen LogP contribution in [0.4, 0.5) is 0 Å². The van der Waals surface area contributed by atoms with E-state index in [4.69, 9.17) is 33.2 Å². The Hall–Kier alpha value is -0.930. The number of ether oxygens (including phenoxy) is 7. The molecule has 4 aliphatic heterocycles. The Morgan fingerprint density at radius 3 is 2.21 bits per heavy atom. The minimum Gasteiger partial charge on any atom is -0.459 e. The van der Waals surface area contributed by atoms with E-state index in [0.717, 1.165) is 19.4 Å². The molecule has 0 aliphatic carbocycles. The summed E-state index contributed by atoms with van der Waals surface area (Å²) in [4.78, 5) is 16.4. The largest absolute Gasteiger partial charge is 0.459 e. The van der Waals surface area contributed by atoms with E-state index in [2.05, 4.69) is 18.7 Å². The van der Waals surface area contributed by atoms with Crippen molar-refractivity contribution in [2.45, 2.75) is 205 Å². The van der Waals surface area contributed by atoms with Gasteiger partial charge in [-0.05, 0) is 86.7 Å². The molecule has 0 radical (unpaired) electrons. The van der Waals surface area contributed by atoms with Crippen LogP contribution < -0.4 is 0 Å². The molecule has 0 unspecified atom stereocenters. The Kier molecular flexibility index (Phi) is 14.7. The van der Waals surface area contributed by atoms with Gasteiger partial charge in [0.1, 0.15) is 17.8 Å². The number of hydrogen-bond donors (Lipinski definition) is 3. The lowest BCUT2D eigenvalue weighted by Crippen LogP contribution is -2.60. The maximum atomic E-state index is 14.2. The maximum absolute atomic E-state index is 14.2. The van der Waals surface area contributed by atoms with E-state index in [9.17, 15) is 20.1 Å². The van der Waals surface area contributed by atoms with Crippen LogP contribution in [0.15, 0.2) is 0 Å². The zero-order valence-corrected chi connectivity index (χ0v) is 34.4. The van der Waals surface area contributed by atoms with Gasteiger partial charge in [-0.25, -0.2) is 0 Å². The fraction of sp³-hybridized carbons (Fsp3) is 0.975. The minimum absolute atomic E-state index is 0.0277. The molecule has 0 aromatic rings. The van der Waals surface area contributed by atoms with Crippen LogP contribution in [-0.4, -0.2) is 131 Å². The van der Waals surface area contributed by atoms with E-state index >= 15 is 0 Å². The third-order valence-electron chi connectivity index (χ3n) is 12.9. The highest BCUT2D eigenvalue weighted by atomic mass is 16.7. The van der Waals surface area contributed by atoms with Gasteiger partial charge in [0.15, 0.2) is 12.6 Å². The quantitative estimate of drug-likeness (QED) is 0.264. The summed E-state index contributed by atoms with van der Waals surface area (Å²) in [6, 6.07) is -0.178. The fourth-order valence-electron chi connectivity index (χ4n) is 9.75. The molecular formula is C40H73NO11. The first kappa shape index (κ1) is 43.8. The fourth-order valence-corrected chi connectivity index (χ4v) is 9.75. The SMILES string of the molecule is CCCCN(C)[C@H]1C[C@@H](C)O[C@@H](O[C@@H]2[C@@H](C)[C@H](O[C@H]3C[C@@](C)(OC)C[C@H](C)O3)[C@@H](C)C(=O)O[C@@H](CC)[C@@](C)(O)[C@H](O)[C@H](C)[C@@H]3O[C@@]2(C)C[C@@H]3C)[C@@H]1O. The van der Waals surface area contributed by atoms with Crippen molar-refractivity contribution >= 4 is 5.97 Å². The van der Waals surface area contributed by atoms with E-state index in [-0.39, 0.29) is 24.2 Å². The van der Waals surface area contributed by atoms with Gasteiger partial charge in [-0.3, -0.25) is 4.79 Å². The Labute approximate surface area is 313 Å². The van der Waals surface area contributed by atoms with Crippen LogP contribution in [0.1, 0.15) is 121 Å². The molecule has 4 rings (SSSR count). The zero-order valence-electron chi connectivity index (χ0n) is 34.4. The highest BCUT2D eigenvalue weighted by Crippen LogP contribution is 2.48. The van der Waals surface area contributed by atoms with Crippen LogP contribution >= 0.6 is 0 Å². The van der Waals surface area contributed by atoms with Gasteiger partial charge in [-0.1, -0.05) is 41.0 Å². The number of unbranched alkanes of at least 4 members (excludes halogenated alkanes) is 1. The lowest BCUT2D eigenvalue weighted by molar-refractivity contribution is -0.312. The monoisotopic (exact) mass is 744 g/mol. The van der Waals surface area contributed by atoms with Crippen LogP contribution in [0.25, 0.3) is 0 Å². The van der Waals surface area contributed by atoms with Gasteiger partial charge in [-0.15, -0.1) is 0 Å². The van der Waals surface area contributed by atoms with Gasteiger partial charge >= 0.3 is 5.97 Å². The molecule has 12 nitrogen and oxygen atoms in total. The molecule has 4 saturated heterocycles. The van der Waals surface area contributed by atoms with E-state index < -0.39 is 89.7 Å². The number of hydrogen-bond acceptors (Lipinski definition) is 12. The summed E-state index contributed by atoms with van der Waals surface area (Å²) in [6.45, 7) is 22.1. The van der Waals surface area contributed by atoms with Crippen LogP contribution in [0.5, 0.6) is 0 Å². The summed E-state index contributed by atoms with van der Waals surface area (Å²) in [6.07, 6.45) is -2.49. The predicted molar refractivity (Wildman–Crippen MR) is 196 cm³/mol. The number of rotatable bonds is 10. The molecule has 0 saturated carbocycles. The highest BCUT2D eigenvalue weighted by molar-refractivity contribution is 5.73.